The minimum Gasteiger partial charge on any atom is -0.340 e. The number of piperidine rings is 1. The van der Waals surface area contributed by atoms with E-state index in [9.17, 15) is 10.1 Å². The topological polar surface area (TPSA) is 72.8 Å². The SMILES string of the molecule is CSC(C)C(=O)N1CCCCC1c1ncc(-c2ccccc2C#N)[nH]1. The van der Waals surface area contributed by atoms with E-state index >= 15 is 0 Å². The van der Waals surface area contributed by atoms with Crippen LogP contribution in [-0.4, -0.2) is 38.8 Å². The molecule has 1 aromatic heterocycles. The number of likely N-dealkylation sites (tertiary alicyclic amines) is 1. The van der Waals surface area contributed by atoms with Crippen LogP contribution in [0.2, 0.25) is 0 Å². The Morgan fingerprint density at radius 2 is 2.24 bits per heavy atom. The molecule has 2 heterocycles. The van der Waals surface area contributed by atoms with Crippen LogP contribution < -0.4 is 0 Å². The van der Waals surface area contributed by atoms with Crippen LogP contribution in [0.15, 0.2) is 30.5 Å². The standard InChI is InChI=1S/C19H22N4OS/c1-13(25-2)19(24)23-10-6-5-9-17(23)18-21-12-16(22-18)15-8-4-3-7-14(15)11-20/h3-4,7-8,12-13,17H,5-6,9-10H2,1-2H3,(H,21,22). The van der Waals surface area contributed by atoms with Crippen molar-refractivity contribution in [3.63, 3.8) is 0 Å². The van der Waals surface area contributed by atoms with Gasteiger partial charge in [-0.15, -0.1) is 0 Å². The van der Waals surface area contributed by atoms with Gasteiger partial charge < -0.3 is 9.88 Å². The molecule has 1 aliphatic heterocycles. The number of carbonyl (C=O) groups excluding carboxylic acids is 1. The number of aromatic nitrogens is 2. The lowest BCUT2D eigenvalue weighted by molar-refractivity contribution is -0.134. The molecule has 2 unspecified atom stereocenters. The lowest BCUT2D eigenvalue weighted by Crippen LogP contribution is -2.42. The molecule has 0 bridgehead atoms. The zero-order valence-electron chi connectivity index (χ0n) is 14.5. The van der Waals surface area contributed by atoms with Crippen LogP contribution in [0.4, 0.5) is 0 Å². The fourth-order valence-corrected chi connectivity index (χ4v) is 3.61. The highest BCUT2D eigenvalue weighted by molar-refractivity contribution is 7.99. The van der Waals surface area contributed by atoms with E-state index < -0.39 is 0 Å². The van der Waals surface area contributed by atoms with Gasteiger partial charge in [-0.2, -0.15) is 17.0 Å². The zero-order valence-corrected chi connectivity index (χ0v) is 15.3. The molecule has 1 aliphatic rings. The number of hydrogen-bond acceptors (Lipinski definition) is 4. The molecule has 130 valence electrons. The normalized spacial score (nSPS) is 18.6. The van der Waals surface area contributed by atoms with Crippen molar-refractivity contribution in [1.82, 2.24) is 14.9 Å². The van der Waals surface area contributed by atoms with E-state index in [1.54, 1.807) is 24.0 Å². The van der Waals surface area contributed by atoms with E-state index in [1.807, 2.05) is 36.3 Å². The van der Waals surface area contributed by atoms with Crippen LogP contribution in [0.3, 0.4) is 0 Å². The summed E-state index contributed by atoms with van der Waals surface area (Å²) in [6.07, 6.45) is 6.77. The summed E-state index contributed by atoms with van der Waals surface area (Å²) >= 11 is 1.57. The van der Waals surface area contributed by atoms with E-state index in [1.165, 1.54) is 0 Å². The number of rotatable bonds is 4. The molecule has 0 radical (unpaired) electrons. The second-order valence-corrected chi connectivity index (χ2v) is 7.44. The maximum absolute atomic E-state index is 12.7. The Morgan fingerprint density at radius 3 is 3.00 bits per heavy atom. The van der Waals surface area contributed by atoms with Gasteiger partial charge in [-0.3, -0.25) is 4.79 Å². The highest BCUT2D eigenvalue weighted by Crippen LogP contribution is 2.32. The van der Waals surface area contributed by atoms with Gasteiger partial charge in [0.1, 0.15) is 5.82 Å². The van der Waals surface area contributed by atoms with Gasteiger partial charge in [0.2, 0.25) is 5.91 Å². The molecule has 2 atom stereocenters. The van der Waals surface area contributed by atoms with Crippen molar-refractivity contribution >= 4 is 17.7 Å². The smallest absolute Gasteiger partial charge is 0.236 e. The van der Waals surface area contributed by atoms with Crippen molar-refractivity contribution < 1.29 is 4.79 Å². The van der Waals surface area contributed by atoms with Crippen LogP contribution in [0.1, 0.15) is 43.6 Å². The van der Waals surface area contributed by atoms with Crippen LogP contribution in [0.5, 0.6) is 0 Å². The lowest BCUT2D eigenvalue weighted by Gasteiger charge is -2.36. The van der Waals surface area contributed by atoms with Crippen molar-refractivity contribution in [2.75, 3.05) is 12.8 Å². The van der Waals surface area contributed by atoms with Gasteiger partial charge >= 0.3 is 0 Å². The van der Waals surface area contributed by atoms with Gasteiger partial charge in [0, 0.05) is 12.1 Å². The molecule has 1 fully saturated rings. The first kappa shape index (κ1) is 17.6. The van der Waals surface area contributed by atoms with Crippen molar-refractivity contribution in [2.24, 2.45) is 0 Å². The maximum Gasteiger partial charge on any atom is 0.236 e. The van der Waals surface area contributed by atoms with E-state index in [2.05, 4.69) is 16.0 Å². The van der Waals surface area contributed by atoms with Crippen molar-refractivity contribution in [3.05, 3.63) is 41.9 Å². The Bertz CT molecular complexity index is 795. The summed E-state index contributed by atoms with van der Waals surface area (Å²) in [4.78, 5) is 22.6. The number of nitrogens with one attached hydrogen (secondary N) is 1. The number of amides is 1. The fourth-order valence-electron chi connectivity index (χ4n) is 3.27. The summed E-state index contributed by atoms with van der Waals surface area (Å²) in [5.41, 5.74) is 2.28. The molecule has 1 N–H and O–H groups in total. The largest absolute Gasteiger partial charge is 0.340 e. The Hall–Kier alpha value is -2.26. The quantitative estimate of drug-likeness (QED) is 0.907. The Balaban J connectivity index is 1.90. The third kappa shape index (κ3) is 3.57. The van der Waals surface area contributed by atoms with Crippen LogP contribution in [-0.2, 0) is 4.79 Å². The molecule has 1 saturated heterocycles. The number of imidazole rings is 1. The number of benzene rings is 1. The first-order chi connectivity index (χ1) is 12.2. The molecule has 3 rings (SSSR count). The number of hydrogen-bond donors (Lipinski definition) is 1. The van der Waals surface area contributed by atoms with Gasteiger partial charge in [0.05, 0.1) is 34.8 Å². The Morgan fingerprint density at radius 1 is 1.44 bits per heavy atom. The minimum absolute atomic E-state index is 0.0150. The summed E-state index contributed by atoms with van der Waals surface area (Å²) < 4.78 is 0. The molecule has 6 heteroatoms. The second-order valence-electron chi connectivity index (χ2n) is 6.26. The van der Waals surface area contributed by atoms with E-state index in [4.69, 9.17) is 0 Å². The van der Waals surface area contributed by atoms with Gasteiger partial charge in [-0.1, -0.05) is 18.2 Å². The van der Waals surface area contributed by atoms with E-state index in [-0.39, 0.29) is 17.2 Å². The molecule has 1 amide bonds. The summed E-state index contributed by atoms with van der Waals surface area (Å²) in [5.74, 6) is 0.983. The van der Waals surface area contributed by atoms with Crippen LogP contribution in [0, 0.1) is 11.3 Å². The third-order valence-electron chi connectivity index (χ3n) is 4.74. The summed E-state index contributed by atoms with van der Waals surface area (Å²) in [6, 6.07) is 9.67. The van der Waals surface area contributed by atoms with Crippen LogP contribution in [0.25, 0.3) is 11.3 Å². The maximum atomic E-state index is 12.7. The summed E-state index contributed by atoms with van der Waals surface area (Å²) in [7, 11) is 0. The van der Waals surface area contributed by atoms with Crippen LogP contribution >= 0.6 is 11.8 Å². The average Bonchev–Trinajstić information content (AvgIpc) is 3.16. The van der Waals surface area contributed by atoms with Crippen molar-refractivity contribution in [1.29, 1.82) is 5.26 Å². The van der Waals surface area contributed by atoms with Crippen molar-refractivity contribution in [3.8, 4) is 17.3 Å². The molecular formula is C19H22N4OS. The molecule has 0 aliphatic carbocycles. The third-order valence-corrected chi connectivity index (χ3v) is 5.64. The highest BCUT2D eigenvalue weighted by atomic mass is 32.2. The minimum atomic E-state index is -0.0469. The van der Waals surface area contributed by atoms with Gasteiger partial charge in [0.15, 0.2) is 0 Å². The number of nitriles is 1. The Labute approximate surface area is 152 Å². The van der Waals surface area contributed by atoms with E-state index in [0.717, 1.165) is 42.9 Å². The number of nitrogens with zero attached hydrogens (tertiary/aromatic N) is 3. The predicted molar refractivity (Wildman–Crippen MR) is 100 cm³/mol. The monoisotopic (exact) mass is 354 g/mol. The highest BCUT2D eigenvalue weighted by Gasteiger charge is 2.32. The molecule has 2 aromatic rings. The number of carbonyl (C=O) groups is 1. The average molecular weight is 354 g/mol. The number of thioether (sulfide) groups is 1. The number of aromatic amines is 1. The molecule has 0 saturated carbocycles. The van der Waals surface area contributed by atoms with Gasteiger partial charge in [-0.25, -0.2) is 4.98 Å². The first-order valence-electron chi connectivity index (χ1n) is 8.53. The molecule has 5 nitrogen and oxygen atoms in total. The molecule has 0 spiro atoms. The fraction of sp³-hybridized carbons (Fsp3) is 0.421. The summed E-state index contributed by atoms with van der Waals surface area (Å²) in [5, 5.41) is 9.25. The van der Waals surface area contributed by atoms with Crippen molar-refractivity contribution in [2.45, 2.75) is 37.5 Å². The number of H-pyrrole nitrogens is 1. The predicted octanol–water partition coefficient (Wildman–Crippen LogP) is 3.75. The second kappa shape index (κ2) is 7.75. The zero-order chi connectivity index (χ0) is 17.8. The molecule has 25 heavy (non-hydrogen) atoms. The lowest BCUT2D eigenvalue weighted by atomic mass is 10.0. The molecular weight excluding hydrogens is 332 g/mol. The molecule has 1 aromatic carbocycles. The Kier molecular flexibility index (Phi) is 5.44. The van der Waals surface area contributed by atoms with Gasteiger partial charge in [-0.05, 0) is 38.5 Å². The summed E-state index contributed by atoms with van der Waals surface area (Å²) in [6.45, 7) is 2.73. The van der Waals surface area contributed by atoms with E-state index in [0.29, 0.717) is 5.56 Å². The van der Waals surface area contributed by atoms with Gasteiger partial charge in [0.25, 0.3) is 0 Å². The first-order valence-corrected chi connectivity index (χ1v) is 9.82.